The van der Waals surface area contributed by atoms with Crippen molar-refractivity contribution >= 4 is 11.9 Å². The highest BCUT2D eigenvalue weighted by molar-refractivity contribution is 5.78. The van der Waals surface area contributed by atoms with Gasteiger partial charge in [-0.2, -0.15) is 0 Å². The van der Waals surface area contributed by atoms with Crippen LogP contribution in [0.4, 0.5) is 0 Å². The molecule has 1 rings (SSSR count). The van der Waals surface area contributed by atoms with Gasteiger partial charge >= 0.3 is 5.97 Å². The molecule has 1 N–H and O–H groups in total. The molecule has 1 atom stereocenters. The van der Waals surface area contributed by atoms with Crippen molar-refractivity contribution in [2.24, 2.45) is 11.8 Å². The normalized spacial score (nSPS) is 18.7. The van der Waals surface area contributed by atoms with Crippen molar-refractivity contribution in [1.82, 2.24) is 4.90 Å². The lowest BCUT2D eigenvalue weighted by Crippen LogP contribution is -2.54. The predicted molar refractivity (Wildman–Crippen MR) is 62.6 cm³/mol. The fourth-order valence-electron chi connectivity index (χ4n) is 1.78. The molecular weight excluding hydrogens is 222 g/mol. The van der Waals surface area contributed by atoms with Crippen molar-refractivity contribution in [3.05, 3.63) is 0 Å². The van der Waals surface area contributed by atoms with Gasteiger partial charge in [-0.15, -0.1) is 0 Å². The van der Waals surface area contributed by atoms with E-state index in [1.54, 1.807) is 18.9 Å². The van der Waals surface area contributed by atoms with Crippen LogP contribution in [-0.2, 0) is 14.3 Å². The van der Waals surface area contributed by atoms with Crippen LogP contribution in [0.25, 0.3) is 0 Å². The molecule has 1 fully saturated rings. The van der Waals surface area contributed by atoms with Crippen LogP contribution in [0.1, 0.15) is 27.2 Å². The summed E-state index contributed by atoms with van der Waals surface area (Å²) in [6, 6.07) is 0. The number of hydrogen-bond acceptors (Lipinski definition) is 3. The van der Waals surface area contributed by atoms with Crippen molar-refractivity contribution in [2.75, 3.05) is 20.2 Å². The average Bonchev–Trinajstić information content (AvgIpc) is 2.14. The molecule has 1 amide bonds. The number of methoxy groups -OCH3 is 1. The van der Waals surface area contributed by atoms with Crippen molar-refractivity contribution < 1.29 is 19.4 Å². The molecule has 0 bridgehead atoms. The maximum Gasteiger partial charge on any atom is 0.306 e. The lowest BCUT2D eigenvalue weighted by atomic mass is 9.86. The Labute approximate surface area is 102 Å². The largest absolute Gasteiger partial charge is 0.481 e. The Kier molecular flexibility index (Phi) is 4.14. The first-order valence-electron chi connectivity index (χ1n) is 5.82. The van der Waals surface area contributed by atoms with E-state index >= 15 is 0 Å². The van der Waals surface area contributed by atoms with Gasteiger partial charge in [0.2, 0.25) is 5.91 Å². The van der Waals surface area contributed by atoms with Crippen LogP contribution >= 0.6 is 0 Å². The summed E-state index contributed by atoms with van der Waals surface area (Å²) >= 11 is 0. The minimum atomic E-state index is -0.792. The Morgan fingerprint density at radius 3 is 2.41 bits per heavy atom. The highest BCUT2D eigenvalue weighted by atomic mass is 16.5. The molecule has 1 aliphatic rings. The smallest absolute Gasteiger partial charge is 0.306 e. The maximum absolute atomic E-state index is 11.8. The zero-order valence-electron chi connectivity index (χ0n) is 10.9. The molecule has 98 valence electrons. The van der Waals surface area contributed by atoms with Crippen molar-refractivity contribution in [2.45, 2.75) is 32.8 Å². The molecule has 5 nitrogen and oxygen atoms in total. The van der Waals surface area contributed by atoms with E-state index in [2.05, 4.69) is 0 Å². The molecule has 1 heterocycles. The van der Waals surface area contributed by atoms with Crippen LogP contribution in [-0.4, -0.2) is 47.7 Å². The van der Waals surface area contributed by atoms with E-state index in [4.69, 9.17) is 9.84 Å². The van der Waals surface area contributed by atoms with Crippen LogP contribution in [0.2, 0.25) is 0 Å². The minimum absolute atomic E-state index is 0.0330. The minimum Gasteiger partial charge on any atom is -0.481 e. The van der Waals surface area contributed by atoms with Crippen LogP contribution in [0.15, 0.2) is 0 Å². The summed E-state index contributed by atoms with van der Waals surface area (Å²) in [6.45, 7) is 6.51. The third-order valence-corrected chi connectivity index (χ3v) is 3.49. The summed E-state index contributed by atoms with van der Waals surface area (Å²) in [5, 5.41) is 8.84. The fraction of sp³-hybridized carbons (Fsp3) is 0.833. The molecule has 17 heavy (non-hydrogen) atoms. The van der Waals surface area contributed by atoms with Crippen LogP contribution in [0, 0.1) is 11.8 Å². The summed E-state index contributed by atoms with van der Waals surface area (Å²) in [5.74, 6) is -1.05. The van der Waals surface area contributed by atoms with E-state index in [0.29, 0.717) is 19.5 Å². The van der Waals surface area contributed by atoms with E-state index < -0.39 is 11.6 Å². The van der Waals surface area contributed by atoms with E-state index in [0.717, 1.165) is 0 Å². The molecule has 5 heteroatoms. The molecular formula is C12H21NO4. The monoisotopic (exact) mass is 243 g/mol. The molecule has 0 aromatic carbocycles. The number of aliphatic carboxylic acids is 1. The third kappa shape index (κ3) is 3.43. The highest BCUT2D eigenvalue weighted by Crippen LogP contribution is 2.26. The first kappa shape index (κ1) is 14.0. The van der Waals surface area contributed by atoms with E-state index in [9.17, 15) is 9.59 Å². The molecule has 0 aromatic heterocycles. The van der Waals surface area contributed by atoms with Gasteiger partial charge in [0.15, 0.2) is 0 Å². The highest BCUT2D eigenvalue weighted by Gasteiger charge is 2.38. The van der Waals surface area contributed by atoms with Gasteiger partial charge < -0.3 is 14.7 Å². The summed E-state index contributed by atoms with van der Waals surface area (Å²) in [4.78, 5) is 24.3. The number of carboxylic acid groups (broad SMARTS) is 1. The molecule has 0 aliphatic carbocycles. The Balaban J connectivity index is 2.38. The van der Waals surface area contributed by atoms with Gasteiger partial charge in [-0.25, -0.2) is 0 Å². The lowest BCUT2D eigenvalue weighted by Gasteiger charge is -2.42. The number of amides is 1. The van der Waals surface area contributed by atoms with Crippen molar-refractivity contribution in [1.29, 1.82) is 0 Å². The van der Waals surface area contributed by atoms with Gasteiger partial charge in [-0.3, -0.25) is 9.59 Å². The SMILES string of the molecule is COC(C)(C)CC(=O)N1CC(C(C)C(=O)O)C1. The standard InChI is InChI=1S/C12H21NO4/c1-8(11(15)16)9-6-13(7-9)10(14)5-12(2,3)17-4/h8-9H,5-7H2,1-4H3,(H,15,16). The van der Waals surface area contributed by atoms with Crippen LogP contribution < -0.4 is 0 Å². The number of carbonyl (C=O) groups is 2. The lowest BCUT2D eigenvalue weighted by molar-refractivity contribution is -0.152. The quantitative estimate of drug-likeness (QED) is 0.781. The Bertz CT molecular complexity index is 308. The second-order valence-electron chi connectivity index (χ2n) is 5.33. The molecule has 1 aliphatic heterocycles. The van der Waals surface area contributed by atoms with Gasteiger partial charge in [-0.05, 0) is 13.8 Å². The Morgan fingerprint density at radius 2 is 2.00 bits per heavy atom. The van der Waals surface area contributed by atoms with E-state index in [1.165, 1.54) is 0 Å². The molecule has 0 radical (unpaired) electrons. The van der Waals surface area contributed by atoms with Crippen LogP contribution in [0.3, 0.4) is 0 Å². The number of carboxylic acids is 1. The van der Waals surface area contributed by atoms with Crippen molar-refractivity contribution in [3.63, 3.8) is 0 Å². The average molecular weight is 243 g/mol. The van der Waals surface area contributed by atoms with Crippen LogP contribution in [0.5, 0.6) is 0 Å². The maximum atomic E-state index is 11.8. The number of rotatable bonds is 5. The number of likely N-dealkylation sites (tertiary alicyclic amines) is 1. The predicted octanol–water partition coefficient (Wildman–Crippen LogP) is 0.981. The molecule has 0 saturated carbocycles. The first-order chi connectivity index (χ1) is 7.76. The fourth-order valence-corrected chi connectivity index (χ4v) is 1.78. The summed E-state index contributed by atoms with van der Waals surface area (Å²) in [5.41, 5.74) is -0.458. The number of nitrogens with zero attached hydrogens (tertiary/aromatic N) is 1. The first-order valence-corrected chi connectivity index (χ1v) is 5.82. The third-order valence-electron chi connectivity index (χ3n) is 3.49. The summed E-state index contributed by atoms with van der Waals surface area (Å²) in [7, 11) is 1.58. The van der Waals surface area contributed by atoms with Crippen molar-refractivity contribution in [3.8, 4) is 0 Å². The van der Waals surface area contributed by atoms with Gasteiger partial charge in [0, 0.05) is 26.1 Å². The van der Waals surface area contributed by atoms with E-state index in [-0.39, 0.29) is 17.7 Å². The number of carbonyl (C=O) groups excluding carboxylic acids is 1. The number of hydrogen-bond donors (Lipinski definition) is 1. The van der Waals surface area contributed by atoms with Gasteiger partial charge in [0.25, 0.3) is 0 Å². The Hall–Kier alpha value is -1.10. The molecule has 1 saturated heterocycles. The summed E-state index contributed by atoms with van der Waals surface area (Å²) in [6.07, 6.45) is 0.331. The molecule has 0 aromatic rings. The molecule has 0 spiro atoms. The van der Waals surface area contributed by atoms with E-state index in [1.807, 2.05) is 13.8 Å². The second-order valence-corrected chi connectivity index (χ2v) is 5.33. The van der Waals surface area contributed by atoms with Gasteiger partial charge in [0.05, 0.1) is 17.9 Å². The zero-order valence-corrected chi connectivity index (χ0v) is 10.9. The van der Waals surface area contributed by atoms with Gasteiger partial charge in [0.1, 0.15) is 0 Å². The Morgan fingerprint density at radius 1 is 1.47 bits per heavy atom. The second kappa shape index (κ2) is 5.04. The number of ether oxygens (including phenoxy) is 1. The molecule has 1 unspecified atom stereocenters. The summed E-state index contributed by atoms with van der Waals surface area (Å²) < 4.78 is 5.20. The zero-order chi connectivity index (χ0) is 13.2. The van der Waals surface area contributed by atoms with Gasteiger partial charge in [-0.1, -0.05) is 6.92 Å². The topological polar surface area (TPSA) is 66.8 Å².